The van der Waals surface area contributed by atoms with Crippen LogP contribution in [0, 0.1) is 11.3 Å². The lowest BCUT2D eigenvalue weighted by Gasteiger charge is -2.27. The molecule has 0 fully saturated rings. The van der Waals surface area contributed by atoms with Crippen molar-refractivity contribution in [3.8, 4) is 6.07 Å². The van der Waals surface area contributed by atoms with E-state index in [1.165, 1.54) is 0 Å². The number of nitrogens with zero attached hydrogens (tertiary/aromatic N) is 2. The molecule has 2 atom stereocenters. The normalized spacial score (nSPS) is 13.2. The van der Waals surface area contributed by atoms with Gasteiger partial charge in [0.05, 0.1) is 11.6 Å². The molecule has 2 unspecified atom stereocenters. The van der Waals surface area contributed by atoms with Gasteiger partial charge in [0.1, 0.15) is 6.04 Å². The summed E-state index contributed by atoms with van der Waals surface area (Å²) in [5, 5.41) is 11.7. The molecule has 1 N–H and O–H groups in total. The molecule has 0 aliphatic rings. The molecule has 4 nitrogen and oxygen atoms in total. The highest BCUT2D eigenvalue weighted by atomic mass is 16.2. The molecule has 1 aromatic carbocycles. The molecule has 0 saturated heterocycles. The highest BCUT2D eigenvalue weighted by Gasteiger charge is 2.19. The molecule has 0 saturated carbocycles. The first-order chi connectivity index (χ1) is 8.99. The maximum Gasteiger partial charge on any atom is 0.242 e. The number of nitriles is 1. The van der Waals surface area contributed by atoms with E-state index in [0.29, 0.717) is 5.56 Å². The van der Waals surface area contributed by atoms with E-state index >= 15 is 0 Å². The van der Waals surface area contributed by atoms with Crippen molar-refractivity contribution < 1.29 is 4.79 Å². The van der Waals surface area contributed by atoms with Crippen LogP contribution >= 0.6 is 0 Å². The summed E-state index contributed by atoms with van der Waals surface area (Å²) in [5.74, 6) is 0.0150. The second-order valence-electron chi connectivity index (χ2n) is 4.76. The van der Waals surface area contributed by atoms with Gasteiger partial charge in [-0.1, -0.05) is 6.92 Å². The van der Waals surface area contributed by atoms with Gasteiger partial charge in [0.2, 0.25) is 5.91 Å². The number of rotatable bonds is 5. The molecule has 0 radical (unpaired) electrons. The standard InChI is InChI=1S/C15H21N3O/c1-5-11(2)17-15(19)12(3)18(4)14-8-6-13(10-16)7-9-14/h6-9,11-12H,5H2,1-4H3,(H,17,19). The van der Waals surface area contributed by atoms with Crippen LogP contribution in [0.15, 0.2) is 24.3 Å². The smallest absolute Gasteiger partial charge is 0.242 e. The number of amides is 1. The number of hydrogen-bond donors (Lipinski definition) is 1. The third-order valence-electron chi connectivity index (χ3n) is 3.37. The topological polar surface area (TPSA) is 56.1 Å². The Labute approximate surface area is 115 Å². The number of likely N-dealkylation sites (N-methyl/N-ethyl adjacent to an activating group) is 1. The molecule has 0 heterocycles. The van der Waals surface area contributed by atoms with Gasteiger partial charge in [-0.25, -0.2) is 0 Å². The zero-order valence-corrected chi connectivity index (χ0v) is 12.0. The van der Waals surface area contributed by atoms with E-state index in [2.05, 4.69) is 11.4 Å². The van der Waals surface area contributed by atoms with Crippen molar-refractivity contribution in [1.82, 2.24) is 5.32 Å². The van der Waals surface area contributed by atoms with E-state index in [1.54, 1.807) is 12.1 Å². The Morgan fingerprint density at radius 2 is 1.95 bits per heavy atom. The minimum absolute atomic E-state index is 0.0150. The van der Waals surface area contributed by atoms with Gasteiger partial charge in [-0.3, -0.25) is 4.79 Å². The Kier molecular flexibility index (Phi) is 5.37. The lowest BCUT2D eigenvalue weighted by atomic mass is 10.1. The maximum atomic E-state index is 12.0. The van der Waals surface area contributed by atoms with Gasteiger partial charge in [0, 0.05) is 18.8 Å². The quantitative estimate of drug-likeness (QED) is 0.882. The summed E-state index contributed by atoms with van der Waals surface area (Å²) in [6, 6.07) is 9.23. The molecular weight excluding hydrogens is 238 g/mol. The van der Waals surface area contributed by atoms with Crippen LogP contribution in [0.2, 0.25) is 0 Å². The third kappa shape index (κ3) is 3.99. The largest absolute Gasteiger partial charge is 0.363 e. The molecule has 1 amide bonds. The Balaban J connectivity index is 2.72. The Morgan fingerprint density at radius 3 is 2.42 bits per heavy atom. The van der Waals surface area contributed by atoms with E-state index in [-0.39, 0.29) is 18.0 Å². The molecule has 19 heavy (non-hydrogen) atoms. The Morgan fingerprint density at radius 1 is 1.37 bits per heavy atom. The summed E-state index contributed by atoms with van der Waals surface area (Å²) < 4.78 is 0. The van der Waals surface area contributed by atoms with Gasteiger partial charge in [-0.2, -0.15) is 5.26 Å². The van der Waals surface area contributed by atoms with Crippen LogP contribution in [0.3, 0.4) is 0 Å². The highest BCUT2D eigenvalue weighted by molar-refractivity contribution is 5.84. The average molecular weight is 259 g/mol. The number of carbonyl (C=O) groups excluding carboxylic acids is 1. The third-order valence-corrected chi connectivity index (χ3v) is 3.37. The molecule has 0 spiro atoms. The summed E-state index contributed by atoms with van der Waals surface area (Å²) in [5.41, 5.74) is 1.54. The second-order valence-corrected chi connectivity index (χ2v) is 4.76. The average Bonchev–Trinajstić information content (AvgIpc) is 2.45. The fourth-order valence-electron chi connectivity index (χ4n) is 1.64. The predicted molar refractivity (Wildman–Crippen MR) is 76.9 cm³/mol. The molecular formula is C15H21N3O. The van der Waals surface area contributed by atoms with Crippen molar-refractivity contribution in [1.29, 1.82) is 5.26 Å². The zero-order valence-electron chi connectivity index (χ0n) is 12.0. The molecule has 0 aromatic heterocycles. The number of benzene rings is 1. The zero-order chi connectivity index (χ0) is 14.4. The minimum Gasteiger partial charge on any atom is -0.363 e. The van der Waals surface area contributed by atoms with Crippen molar-refractivity contribution >= 4 is 11.6 Å². The van der Waals surface area contributed by atoms with Gasteiger partial charge < -0.3 is 10.2 Å². The molecule has 102 valence electrons. The van der Waals surface area contributed by atoms with E-state index in [0.717, 1.165) is 12.1 Å². The van der Waals surface area contributed by atoms with Crippen LogP contribution in [-0.4, -0.2) is 25.0 Å². The molecule has 0 aliphatic heterocycles. The first-order valence-electron chi connectivity index (χ1n) is 6.53. The van der Waals surface area contributed by atoms with Crippen LogP contribution in [0.4, 0.5) is 5.69 Å². The van der Waals surface area contributed by atoms with Gasteiger partial charge in [0.25, 0.3) is 0 Å². The van der Waals surface area contributed by atoms with Gasteiger partial charge in [-0.05, 0) is 44.5 Å². The first-order valence-corrected chi connectivity index (χ1v) is 6.53. The molecule has 1 aromatic rings. The van der Waals surface area contributed by atoms with Gasteiger partial charge >= 0.3 is 0 Å². The van der Waals surface area contributed by atoms with Crippen molar-refractivity contribution in [2.24, 2.45) is 0 Å². The van der Waals surface area contributed by atoms with Crippen LogP contribution in [0.25, 0.3) is 0 Å². The van der Waals surface area contributed by atoms with E-state index in [9.17, 15) is 4.79 Å². The van der Waals surface area contributed by atoms with E-state index in [4.69, 9.17) is 5.26 Å². The Hall–Kier alpha value is -2.02. The second kappa shape index (κ2) is 6.79. The van der Waals surface area contributed by atoms with Crippen LogP contribution < -0.4 is 10.2 Å². The number of carbonyl (C=O) groups is 1. The number of hydrogen-bond acceptors (Lipinski definition) is 3. The lowest BCUT2D eigenvalue weighted by Crippen LogP contribution is -2.46. The minimum atomic E-state index is -0.248. The predicted octanol–water partition coefficient (Wildman–Crippen LogP) is 2.30. The first kappa shape index (κ1) is 15.0. The molecule has 0 aliphatic carbocycles. The number of anilines is 1. The number of nitrogens with one attached hydrogen (secondary N) is 1. The maximum absolute atomic E-state index is 12.0. The molecule has 4 heteroatoms. The van der Waals surface area contributed by atoms with Crippen LogP contribution in [0.1, 0.15) is 32.8 Å². The van der Waals surface area contributed by atoms with Gasteiger partial charge in [-0.15, -0.1) is 0 Å². The highest BCUT2D eigenvalue weighted by Crippen LogP contribution is 2.16. The summed E-state index contributed by atoms with van der Waals surface area (Å²) >= 11 is 0. The van der Waals surface area contributed by atoms with Gasteiger partial charge in [0.15, 0.2) is 0 Å². The summed E-state index contributed by atoms with van der Waals surface area (Å²) in [4.78, 5) is 13.9. The Bertz CT molecular complexity index is 461. The lowest BCUT2D eigenvalue weighted by molar-refractivity contribution is -0.122. The van der Waals surface area contributed by atoms with Crippen LogP contribution in [0.5, 0.6) is 0 Å². The fraction of sp³-hybridized carbons (Fsp3) is 0.467. The van der Waals surface area contributed by atoms with E-state index < -0.39 is 0 Å². The molecule has 1 rings (SSSR count). The van der Waals surface area contributed by atoms with Crippen molar-refractivity contribution in [2.75, 3.05) is 11.9 Å². The molecule has 0 bridgehead atoms. The van der Waals surface area contributed by atoms with Crippen molar-refractivity contribution in [3.05, 3.63) is 29.8 Å². The van der Waals surface area contributed by atoms with Crippen LogP contribution in [-0.2, 0) is 4.79 Å². The summed E-state index contributed by atoms with van der Waals surface area (Å²) in [7, 11) is 1.88. The van der Waals surface area contributed by atoms with Crippen molar-refractivity contribution in [3.63, 3.8) is 0 Å². The fourth-order valence-corrected chi connectivity index (χ4v) is 1.64. The summed E-state index contributed by atoms with van der Waals surface area (Å²) in [6.45, 7) is 5.90. The summed E-state index contributed by atoms with van der Waals surface area (Å²) in [6.07, 6.45) is 0.916. The van der Waals surface area contributed by atoms with E-state index in [1.807, 2.05) is 44.9 Å². The van der Waals surface area contributed by atoms with Crippen molar-refractivity contribution in [2.45, 2.75) is 39.3 Å². The monoisotopic (exact) mass is 259 g/mol. The SMILES string of the molecule is CCC(C)NC(=O)C(C)N(C)c1ccc(C#N)cc1.